The Bertz CT molecular complexity index is 1160. The predicted molar refractivity (Wildman–Crippen MR) is 131 cm³/mol. The second-order valence-corrected chi connectivity index (χ2v) is 9.07. The molecule has 33 heavy (non-hydrogen) atoms. The summed E-state index contributed by atoms with van der Waals surface area (Å²) in [7, 11) is 0. The maximum absolute atomic E-state index is 5.02. The third-order valence-corrected chi connectivity index (χ3v) is 6.78. The molecule has 0 radical (unpaired) electrons. The Hall–Kier alpha value is -2.33. The van der Waals surface area contributed by atoms with Gasteiger partial charge in [-0.2, -0.15) is 0 Å². The van der Waals surface area contributed by atoms with Crippen LogP contribution in [0.5, 0.6) is 0 Å². The van der Waals surface area contributed by atoms with Crippen LogP contribution >= 0.6 is 0 Å². The monoisotopic (exact) mass is 480 g/mol. The van der Waals surface area contributed by atoms with E-state index >= 15 is 0 Å². The molecule has 0 aliphatic carbocycles. The molecule has 1 aromatic heterocycles. The highest BCUT2D eigenvalue weighted by atomic mass is 35.5. The SMILES string of the molecule is Cc1cccc2c(Nc3ccc(CCCC4CCC[NH2+]4)cc3)c3cccc(C)c3nc12.[Cl-].[Cl-]. The normalized spacial score (nSPS) is 15.3. The number of aryl methyl sites for hydroxylation is 3. The summed E-state index contributed by atoms with van der Waals surface area (Å²) in [5.41, 5.74) is 8.28. The van der Waals surface area contributed by atoms with E-state index in [1.807, 2.05) is 0 Å². The molecule has 1 atom stereocenters. The number of nitrogens with zero attached hydrogens (tertiary/aromatic N) is 1. The van der Waals surface area contributed by atoms with E-state index in [2.05, 4.69) is 85.1 Å². The summed E-state index contributed by atoms with van der Waals surface area (Å²) < 4.78 is 0. The Morgan fingerprint density at radius 2 is 1.52 bits per heavy atom. The van der Waals surface area contributed by atoms with Gasteiger partial charge in [-0.1, -0.05) is 48.5 Å². The Balaban J connectivity index is 0.00000153. The molecule has 0 amide bonds. The maximum atomic E-state index is 5.02. The minimum Gasteiger partial charge on any atom is -1.00 e. The van der Waals surface area contributed by atoms with Crippen molar-refractivity contribution < 1.29 is 30.1 Å². The second kappa shape index (κ2) is 11.2. The van der Waals surface area contributed by atoms with Crippen LogP contribution in [-0.2, 0) is 6.42 Å². The molecular weight excluding hydrogens is 449 g/mol. The van der Waals surface area contributed by atoms with Gasteiger partial charge in [-0.05, 0) is 61.9 Å². The van der Waals surface area contributed by atoms with Gasteiger partial charge in [-0.25, -0.2) is 4.98 Å². The van der Waals surface area contributed by atoms with Crippen molar-refractivity contribution >= 4 is 33.2 Å². The van der Waals surface area contributed by atoms with Crippen LogP contribution in [0.3, 0.4) is 0 Å². The molecule has 3 N–H and O–H groups in total. The van der Waals surface area contributed by atoms with Crippen LogP contribution in [0.4, 0.5) is 11.4 Å². The summed E-state index contributed by atoms with van der Waals surface area (Å²) >= 11 is 0. The van der Waals surface area contributed by atoms with Crippen molar-refractivity contribution in [1.82, 2.24) is 4.98 Å². The van der Waals surface area contributed by atoms with E-state index in [1.165, 1.54) is 66.1 Å². The second-order valence-electron chi connectivity index (χ2n) is 9.07. The summed E-state index contributed by atoms with van der Waals surface area (Å²) in [6.45, 7) is 5.60. The zero-order chi connectivity index (χ0) is 21.2. The van der Waals surface area contributed by atoms with E-state index in [-0.39, 0.29) is 24.8 Å². The van der Waals surface area contributed by atoms with Gasteiger partial charge in [0.25, 0.3) is 0 Å². The fourth-order valence-electron chi connectivity index (χ4n) is 4.99. The number of para-hydroxylation sites is 2. The van der Waals surface area contributed by atoms with E-state index in [0.29, 0.717) is 0 Å². The minimum atomic E-state index is 0. The number of rotatable bonds is 6. The van der Waals surface area contributed by atoms with Gasteiger partial charge in [0.05, 0.1) is 29.3 Å². The van der Waals surface area contributed by atoms with Gasteiger partial charge in [0.1, 0.15) is 0 Å². The van der Waals surface area contributed by atoms with E-state index in [4.69, 9.17) is 4.98 Å². The quantitative estimate of drug-likeness (QED) is 0.375. The number of nitrogens with one attached hydrogen (secondary N) is 1. The summed E-state index contributed by atoms with van der Waals surface area (Å²) in [6, 6.07) is 22.7. The van der Waals surface area contributed by atoms with Gasteiger partial charge in [-0.3, -0.25) is 0 Å². The van der Waals surface area contributed by atoms with E-state index in [0.717, 1.165) is 28.5 Å². The highest BCUT2D eigenvalue weighted by molar-refractivity contribution is 6.10. The molecule has 3 nitrogen and oxygen atoms in total. The van der Waals surface area contributed by atoms with Crippen LogP contribution in [0.1, 0.15) is 42.4 Å². The molecule has 1 unspecified atom stereocenters. The molecule has 5 heteroatoms. The molecule has 1 aliphatic heterocycles. The first kappa shape index (κ1) is 25.3. The lowest BCUT2D eigenvalue weighted by Gasteiger charge is -2.16. The minimum absolute atomic E-state index is 0. The first-order valence-electron chi connectivity index (χ1n) is 11.7. The van der Waals surface area contributed by atoms with Crippen molar-refractivity contribution in [3.8, 4) is 0 Å². The lowest BCUT2D eigenvalue weighted by molar-refractivity contribution is -0.670. The lowest BCUT2D eigenvalue weighted by Crippen LogP contribution is -3.00. The third-order valence-electron chi connectivity index (χ3n) is 6.78. The van der Waals surface area contributed by atoms with Crippen LogP contribution in [0, 0.1) is 13.8 Å². The zero-order valence-electron chi connectivity index (χ0n) is 19.4. The van der Waals surface area contributed by atoms with Crippen molar-refractivity contribution in [2.24, 2.45) is 0 Å². The molecular formula is C28H32Cl2N3-. The average molecular weight is 481 g/mol. The van der Waals surface area contributed by atoms with Gasteiger partial charge < -0.3 is 35.4 Å². The fraction of sp³-hybridized carbons (Fsp3) is 0.321. The largest absolute Gasteiger partial charge is 1.00 e. The summed E-state index contributed by atoms with van der Waals surface area (Å²) in [5.74, 6) is 0. The molecule has 0 spiro atoms. The number of quaternary nitrogens is 1. The maximum Gasteiger partial charge on any atom is 0.0861 e. The van der Waals surface area contributed by atoms with Crippen molar-refractivity contribution in [2.75, 3.05) is 11.9 Å². The zero-order valence-corrected chi connectivity index (χ0v) is 20.9. The number of hydrogen-bond donors (Lipinski definition) is 2. The van der Waals surface area contributed by atoms with Crippen molar-refractivity contribution in [1.29, 1.82) is 0 Å². The van der Waals surface area contributed by atoms with Gasteiger partial charge >= 0.3 is 0 Å². The Labute approximate surface area is 209 Å². The highest BCUT2D eigenvalue weighted by Crippen LogP contribution is 2.35. The number of halogens is 2. The lowest BCUT2D eigenvalue weighted by atomic mass is 10.0. The molecule has 0 bridgehead atoms. The van der Waals surface area contributed by atoms with Crippen LogP contribution in [0.25, 0.3) is 21.8 Å². The topological polar surface area (TPSA) is 41.5 Å². The highest BCUT2D eigenvalue weighted by Gasteiger charge is 2.17. The van der Waals surface area contributed by atoms with Crippen molar-refractivity contribution in [3.63, 3.8) is 0 Å². The first-order valence-corrected chi connectivity index (χ1v) is 11.7. The van der Waals surface area contributed by atoms with Crippen LogP contribution in [0.2, 0.25) is 0 Å². The van der Waals surface area contributed by atoms with Crippen LogP contribution < -0.4 is 35.4 Å². The van der Waals surface area contributed by atoms with E-state index in [9.17, 15) is 0 Å². The van der Waals surface area contributed by atoms with Crippen molar-refractivity contribution in [3.05, 3.63) is 77.4 Å². The molecule has 174 valence electrons. The van der Waals surface area contributed by atoms with E-state index in [1.54, 1.807) is 0 Å². The van der Waals surface area contributed by atoms with E-state index < -0.39 is 0 Å². The molecule has 0 saturated carbocycles. The number of pyridine rings is 1. The molecule has 1 fully saturated rings. The summed E-state index contributed by atoms with van der Waals surface area (Å²) in [6.07, 6.45) is 6.59. The number of nitrogens with two attached hydrogens (primary N) is 1. The number of aromatic nitrogens is 1. The molecule has 2 heterocycles. The van der Waals surface area contributed by atoms with Gasteiger partial charge in [-0.15, -0.1) is 0 Å². The Kier molecular flexibility index (Phi) is 8.58. The molecule has 1 saturated heterocycles. The predicted octanol–water partition coefficient (Wildman–Crippen LogP) is -0.195. The number of hydrogen-bond acceptors (Lipinski definition) is 2. The third kappa shape index (κ3) is 5.43. The molecule has 3 aromatic carbocycles. The number of benzene rings is 3. The molecule has 4 aromatic rings. The summed E-state index contributed by atoms with van der Waals surface area (Å²) in [4.78, 5) is 5.02. The van der Waals surface area contributed by atoms with Crippen molar-refractivity contribution in [2.45, 2.75) is 52.0 Å². The van der Waals surface area contributed by atoms with Crippen LogP contribution in [0.15, 0.2) is 60.7 Å². The van der Waals surface area contributed by atoms with Gasteiger partial charge in [0, 0.05) is 29.3 Å². The Morgan fingerprint density at radius 1 is 0.879 bits per heavy atom. The molecule has 5 rings (SSSR count). The first-order chi connectivity index (χ1) is 15.2. The molecule has 1 aliphatic rings. The summed E-state index contributed by atoms with van der Waals surface area (Å²) in [5, 5.41) is 8.61. The Morgan fingerprint density at radius 3 is 2.09 bits per heavy atom. The average Bonchev–Trinajstić information content (AvgIpc) is 3.30. The standard InChI is InChI=1S/C28H31N3.2ClH/c1-19-7-3-12-24-26(19)31-27-20(2)8-4-13-25(27)28(24)30-23-16-14-21(15-17-23)9-5-10-22-11-6-18-29-22;;/h3-4,7-8,12-17,22,29H,5-6,9-11,18H2,1-2H3,(H,30,31);2*1H/p-1. The number of anilines is 2. The van der Waals surface area contributed by atoms with Crippen LogP contribution in [-0.4, -0.2) is 17.6 Å². The fourth-order valence-corrected chi connectivity index (χ4v) is 4.99. The van der Waals surface area contributed by atoms with Gasteiger partial charge in [0.2, 0.25) is 0 Å². The smallest absolute Gasteiger partial charge is 0.0861 e. The van der Waals surface area contributed by atoms with Gasteiger partial charge in [0.15, 0.2) is 0 Å². The number of fused-ring (bicyclic) bond motifs is 2.